The van der Waals surface area contributed by atoms with Crippen LogP contribution in [0.4, 0.5) is 5.69 Å². The highest BCUT2D eigenvalue weighted by Crippen LogP contribution is 2.41. The molecule has 0 fully saturated rings. The molecular formula is C15H14ClNS. The van der Waals surface area contributed by atoms with Gasteiger partial charge in [0.15, 0.2) is 0 Å². The predicted molar refractivity (Wildman–Crippen MR) is 79.5 cm³/mol. The molecule has 0 heterocycles. The van der Waals surface area contributed by atoms with Gasteiger partial charge in [-0.05, 0) is 35.6 Å². The summed E-state index contributed by atoms with van der Waals surface area (Å²) in [7, 11) is 0. The van der Waals surface area contributed by atoms with Crippen LogP contribution in [0.5, 0.6) is 0 Å². The Balaban J connectivity index is 1.70. The van der Waals surface area contributed by atoms with Gasteiger partial charge in [-0.1, -0.05) is 41.9 Å². The molecule has 92 valence electrons. The molecule has 3 rings (SSSR count). The molecule has 0 spiro atoms. The van der Waals surface area contributed by atoms with E-state index in [0.717, 1.165) is 21.4 Å². The van der Waals surface area contributed by atoms with Gasteiger partial charge in [-0.2, -0.15) is 0 Å². The van der Waals surface area contributed by atoms with E-state index >= 15 is 0 Å². The van der Waals surface area contributed by atoms with Crippen molar-refractivity contribution >= 4 is 29.1 Å². The monoisotopic (exact) mass is 275 g/mol. The number of hydrogen-bond acceptors (Lipinski definition) is 2. The Hall–Kier alpha value is -1.12. The standard InChI is InChI=1S/C15H14ClNS/c16-13-6-3-7-14(17)15(13)18-9-11-8-10-4-1-2-5-12(10)11/h1-7,11H,8-9,17H2. The van der Waals surface area contributed by atoms with E-state index in [4.69, 9.17) is 17.3 Å². The average molecular weight is 276 g/mol. The van der Waals surface area contributed by atoms with Crippen LogP contribution in [0, 0.1) is 0 Å². The third kappa shape index (κ3) is 2.11. The first-order chi connectivity index (χ1) is 8.75. The zero-order chi connectivity index (χ0) is 12.5. The summed E-state index contributed by atoms with van der Waals surface area (Å²) in [6.07, 6.45) is 1.17. The number of hydrogen-bond donors (Lipinski definition) is 1. The Morgan fingerprint density at radius 3 is 2.78 bits per heavy atom. The molecule has 1 aliphatic rings. The number of halogens is 1. The normalized spacial score (nSPS) is 17.1. The first kappa shape index (κ1) is 11.9. The second kappa shape index (κ2) is 4.87. The highest BCUT2D eigenvalue weighted by atomic mass is 35.5. The van der Waals surface area contributed by atoms with Crippen LogP contribution in [0.2, 0.25) is 5.02 Å². The van der Waals surface area contributed by atoms with Gasteiger partial charge in [-0.3, -0.25) is 0 Å². The topological polar surface area (TPSA) is 26.0 Å². The van der Waals surface area contributed by atoms with Crippen LogP contribution < -0.4 is 5.73 Å². The summed E-state index contributed by atoms with van der Waals surface area (Å²) in [4.78, 5) is 1.02. The lowest BCUT2D eigenvalue weighted by molar-refractivity contribution is 0.677. The van der Waals surface area contributed by atoms with Crippen molar-refractivity contribution in [2.75, 3.05) is 11.5 Å². The summed E-state index contributed by atoms with van der Waals surface area (Å²) in [5.74, 6) is 1.69. The predicted octanol–water partition coefficient (Wildman–Crippen LogP) is 4.35. The molecule has 0 amide bonds. The van der Waals surface area contributed by atoms with E-state index in [0.29, 0.717) is 5.92 Å². The van der Waals surface area contributed by atoms with Crippen LogP contribution in [0.15, 0.2) is 47.4 Å². The third-order valence-corrected chi connectivity index (χ3v) is 5.13. The quantitative estimate of drug-likeness (QED) is 0.665. The first-order valence-electron chi connectivity index (χ1n) is 6.00. The molecule has 0 saturated carbocycles. The number of thioether (sulfide) groups is 1. The summed E-state index contributed by atoms with van der Waals surface area (Å²) >= 11 is 7.94. The molecule has 1 atom stereocenters. The van der Waals surface area contributed by atoms with Crippen LogP contribution in [0.1, 0.15) is 17.0 Å². The summed E-state index contributed by atoms with van der Waals surface area (Å²) in [6, 6.07) is 14.3. The SMILES string of the molecule is Nc1cccc(Cl)c1SCC1Cc2ccccc21. The Labute approximate surface area is 116 Å². The fourth-order valence-electron chi connectivity index (χ4n) is 2.37. The second-order valence-corrected chi connectivity index (χ2v) is 6.01. The molecule has 2 aromatic rings. The fourth-order valence-corrected chi connectivity index (χ4v) is 3.82. The van der Waals surface area contributed by atoms with Crippen molar-refractivity contribution < 1.29 is 0 Å². The minimum absolute atomic E-state index is 0.641. The van der Waals surface area contributed by atoms with Gasteiger partial charge < -0.3 is 5.73 Å². The number of fused-ring (bicyclic) bond motifs is 1. The lowest BCUT2D eigenvalue weighted by Gasteiger charge is -2.29. The van der Waals surface area contributed by atoms with Gasteiger partial charge >= 0.3 is 0 Å². The summed E-state index contributed by atoms with van der Waals surface area (Å²) < 4.78 is 0. The van der Waals surface area contributed by atoms with E-state index in [1.54, 1.807) is 11.8 Å². The van der Waals surface area contributed by atoms with E-state index in [-0.39, 0.29) is 0 Å². The van der Waals surface area contributed by atoms with Gasteiger partial charge in [0.1, 0.15) is 0 Å². The maximum absolute atomic E-state index is 6.17. The molecule has 1 aliphatic carbocycles. The number of anilines is 1. The van der Waals surface area contributed by atoms with Crippen molar-refractivity contribution in [1.82, 2.24) is 0 Å². The molecule has 2 aromatic carbocycles. The number of nitrogen functional groups attached to an aromatic ring is 1. The number of rotatable bonds is 3. The minimum atomic E-state index is 0.641. The molecule has 1 nitrogen and oxygen atoms in total. The Morgan fingerprint density at radius 2 is 2.00 bits per heavy atom. The van der Waals surface area contributed by atoms with Gasteiger partial charge in [0.25, 0.3) is 0 Å². The summed E-state index contributed by atoms with van der Waals surface area (Å²) in [5.41, 5.74) is 9.70. The molecule has 18 heavy (non-hydrogen) atoms. The Bertz CT molecular complexity index is 562. The van der Waals surface area contributed by atoms with Crippen LogP contribution >= 0.6 is 23.4 Å². The second-order valence-electron chi connectivity index (χ2n) is 4.57. The number of benzene rings is 2. The molecular weight excluding hydrogens is 262 g/mol. The summed E-state index contributed by atoms with van der Waals surface area (Å²) in [5, 5.41) is 0.757. The maximum atomic E-state index is 6.17. The van der Waals surface area contributed by atoms with Gasteiger partial charge in [-0.25, -0.2) is 0 Å². The Kier molecular flexibility index (Phi) is 3.23. The molecule has 0 aliphatic heterocycles. The molecule has 1 unspecified atom stereocenters. The van der Waals surface area contributed by atoms with Crippen molar-refractivity contribution in [3.05, 3.63) is 58.6 Å². The molecule has 3 heteroatoms. The summed E-state index contributed by atoms with van der Waals surface area (Å²) in [6.45, 7) is 0. The van der Waals surface area contributed by atoms with E-state index in [1.807, 2.05) is 18.2 Å². The largest absolute Gasteiger partial charge is 0.398 e. The molecule has 2 N–H and O–H groups in total. The van der Waals surface area contributed by atoms with E-state index in [9.17, 15) is 0 Å². The Morgan fingerprint density at radius 1 is 1.17 bits per heavy atom. The van der Waals surface area contributed by atoms with Crippen LogP contribution in [-0.4, -0.2) is 5.75 Å². The van der Waals surface area contributed by atoms with E-state index in [1.165, 1.54) is 17.5 Å². The number of nitrogens with two attached hydrogens (primary N) is 1. The first-order valence-corrected chi connectivity index (χ1v) is 7.36. The highest BCUT2D eigenvalue weighted by Gasteiger charge is 2.25. The van der Waals surface area contributed by atoms with Crippen molar-refractivity contribution in [2.45, 2.75) is 17.2 Å². The fraction of sp³-hybridized carbons (Fsp3) is 0.200. The van der Waals surface area contributed by atoms with Gasteiger partial charge in [0.2, 0.25) is 0 Å². The highest BCUT2D eigenvalue weighted by molar-refractivity contribution is 7.99. The van der Waals surface area contributed by atoms with Gasteiger partial charge in [0, 0.05) is 16.3 Å². The average Bonchev–Trinajstić information content (AvgIpc) is 2.33. The zero-order valence-electron chi connectivity index (χ0n) is 9.90. The third-order valence-electron chi connectivity index (χ3n) is 3.39. The van der Waals surface area contributed by atoms with Crippen LogP contribution in [0.25, 0.3) is 0 Å². The lowest BCUT2D eigenvalue weighted by atomic mass is 9.79. The van der Waals surface area contributed by atoms with Crippen molar-refractivity contribution in [3.8, 4) is 0 Å². The lowest BCUT2D eigenvalue weighted by Crippen LogP contribution is -2.18. The zero-order valence-corrected chi connectivity index (χ0v) is 11.5. The van der Waals surface area contributed by atoms with Gasteiger partial charge in [0.05, 0.1) is 5.02 Å². The van der Waals surface area contributed by atoms with Crippen LogP contribution in [0.3, 0.4) is 0 Å². The molecule has 0 radical (unpaired) electrons. The molecule has 0 aromatic heterocycles. The van der Waals surface area contributed by atoms with Gasteiger partial charge in [-0.15, -0.1) is 11.8 Å². The van der Waals surface area contributed by atoms with E-state index < -0.39 is 0 Å². The van der Waals surface area contributed by atoms with Crippen molar-refractivity contribution in [2.24, 2.45) is 0 Å². The molecule has 0 saturated heterocycles. The van der Waals surface area contributed by atoms with Crippen LogP contribution in [-0.2, 0) is 6.42 Å². The minimum Gasteiger partial charge on any atom is -0.398 e. The smallest absolute Gasteiger partial charge is 0.0562 e. The maximum Gasteiger partial charge on any atom is 0.0562 e. The van der Waals surface area contributed by atoms with Crippen molar-refractivity contribution in [1.29, 1.82) is 0 Å². The van der Waals surface area contributed by atoms with Crippen molar-refractivity contribution in [3.63, 3.8) is 0 Å². The molecule has 0 bridgehead atoms. The van der Waals surface area contributed by atoms with E-state index in [2.05, 4.69) is 24.3 Å².